The van der Waals surface area contributed by atoms with Crippen LogP contribution in [0.15, 0.2) is 0 Å². The van der Waals surface area contributed by atoms with E-state index in [9.17, 15) is 0 Å². The molecule has 2 fully saturated rings. The first-order valence-corrected chi connectivity index (χ1v) is 8.64. The summed E-state index contributed by atoms with van der Waals surface area (Å²) in [5.74, 6) is 1.89. The standard InChI is InChI=1S/C17H34N2/c1-5-15-7-8-16(18-6-2)17(12-15)19-10-9-13(3)11-14(19)4/h13-18H,5-12H2,1-4H3. The van der Waals surface area contributed by atoms with Crippen molar-refractivity contribution in [3.63, 3.8) is 0 Å². The number of hydrogen-bond acceptors (Lipinski definition) is 2. The van der Waals surface area contributed by atoms with Crippen molar-refractivity contribution >= 4 is 0 Å². The molecule has 0 radical (unpaired) electrons. The third-order valence-corrected chi connectivity index (χ3v) is 5.58. The third kappa shape index (κ3) is 3.72. The molecule has 0 aromatic heterocycles. The van der Waals surface area contributed by atoms with Crippen molar-refractivity contribution in [1.82, 2.24) is 10.2 Å². The molecule has 19 heavy (non-hydrogen) atoms. The molecule has 2 rings (SSSR count). The molecule has 1 aliphatic heterocycles. The summed E-state index contributed by atoms with van der Waals surface area (Å²) in [6.45, 7) is 11.9. The summed E-state index contributed by atoms with van der Waals surface area (Å²) in [6, 6.07) is 2.32. The maximum atomic E-state index is 3.77. The van der Waals surface area contributed by atoms with Gasteiger partial charge in [-0.15, -0.1) is 0 Å². The molecule has 2 aliphatic rings. The Labute approximate surface area is 120 Å². The topological polar surface area (TPSA) is 15.3 Å². The summed E-state index contributed by atoms with van der Waals surface area (Å²) in [6.07, 6.45) is 8.41. The van der Waals surface area contributed by atoms with E-state index in [0.717, 1.165) is 36.5 Å². The van der Waals surface area contributed by atoms with Gasteiger partial charge in [-0.05, 0) is 64.0 Å². The van der Waals surface area contributed by atoms with Crippen molar-refractivity contribution in [1.29, 1.82) is 0 Å². The lowest BCUT2D eigenvalue weighted by Gasteiger charge is -2.48. The van der Waals surface area contributed by atoms with E-state index in [1.165, 1.54) is 45.1 Å². The highest BCUT2D eigenvalue weighted by atomic mass is 15.2. The zero-order chi connectivity index (χ0) is 13.8. The van der Waals surface area contributed by atoms with Gasteiger partial charge < -0.3 is 5.32 Å². The van der Waals surface area contributed by atoms with E-state index in [-0.39, 0.29) is 0 Å². The molecule has 5 unspecified atom stereocenters. The Morgan fingerprint density at radius 2 is 1.84 bits per heavy atom. The maximum Gasteiger partial charge on any atom is 0.0254 e. The second-order valence-corrected chi connectivity index (χ2v) is 7.04. The van der Waals surface area contributed by atoms with Gasteiger partial charge in [-0.1, -0.05) is 27.2 Å². The molecule has 0 aromatic carbocycles. The molecule has 1 saturated carbocycles. The molecular formula is C17H34N2. The van der Waals surface area contributed by atoms with Crippen LogP contribution in [-0.4, -0.2) is 36.1 Å². The number of rotatable bonds is 4. The lowest BCUT2D eigenvalue weighted by atomic mass is 9.78. The molecule has 0 bridgehead atoms. The first kappa shape index (κ1) is 15.3. The van der Waals surface area contributed by atoms with Gasteiger partial charge in [0.05, 0.1) is 0 Å². The quantitative estimate of drug-likeness (QED) is 0.835. The fraction of sp³-hybridized carbons (Fsp3) is 1.00. The molecule has 1 heterocycles. The number of piperidine rings is 1. The minimum atomic E-state index is 0.739. The Balaban J connectivity index is 2.03. The van der Waals surface area contributed by atoms with Crippen LogP contribution in [0.2, 0.25) is 0 Å². The largest absolute Gasteiger partial charge is 0.313 e. The van der Waals surface area contributed by atoms with Crippen LogP contribution < -0.4 is 5.32 Å². The molecule has 2 heteroatoms. The molecular weight excluding hydrogens is 232 g/mol. The highest BCUT2D eigenvalue weighted by Gasteiger charge is 2.37. The van der Waals surface area contributed by atoms with E-state index >= 15 is 0 Å². The lowest BCUT2D eigenvalue weighted by Crippen LogP contribution is -2.57. The fourth-order valence-electron chi connectivity index (χ4n) is 4.39. The second-order valence-electron chi connectivity index (χ2n) is 7.04. The molecule has 0 amide bonds. The summed E-state index contributed by atoms with van der Waals surface area (Å²) in [4.78, 5) is 2.84. The summed E-state index contributed by atoms with van der Waals surface area (Å²) >= 11 is 0. The van der Waals surface area contributed by atoms with Crippen LogP contribution in [0.1, 0.15) is 66.2 Å². The van der Waals surface area contributed by atoms with Gasteiger partial charge in [-0.3, -0.25) is 4.90 Å². The minimum absolute atomic E-state index is 0.739. The van der Waals surface area contributed by atoms with Gasteiger partial charge >= 0.3 is 0 Å². The van der Waals surface area contributed by atoms with Crippen LogP contribution in [0.25, 0.3) is 0 Å². The summed E-state index contributed by atoms with van der Waals surface area (Å²) in [5, 5.41) is 3.77. The number of likely N-dealkylation sites (tertiary alicyclic amines) is 1. The maximum absolute atomic E-state index is 3.77. The van der Waals surface area contributed by atoms with Crippen LogP contribution in [0.4, 0.5) is 0 Å². The van der Waals surface area contributed by atoms with Crippen molar-refractivity contribution in [3.8, 4) is 0 Å². The van der Waals surface area contributed by atoms with Crippen molar-refractivity contribution in [2.24, 2.45) is 11.8 Å². The average molecular weight is 266 g/mol. The molecule has 2 nitrogen and oxygen atoms in total. The number of nitrogens with one attached hydrogen (secondary N) is 1. The van der Waals surface area contributed by atoms with Gasteiger partial charge in [0.15, 0.2) is 0 Å². The van der Waals surface area contributed by atoms with E-state index in [1.807, 2.05) is 0 Å². The van der Waals surface area contributed by atoms with Gasteiger partial charge in [0.25, 0.3) is 0 Å². The van der Waals surface area contributed by atoms with Crippen LogP contribution in [-0.2, 0) is 0 Å². The van der Waals surface area contributed by atoms with E-state index < -0.39 is 0 Å². The zero-order valence-corrected chi connectivity index (χ0v) is 13.5. The van der Waals surface area contributed by atoms with E-state index in [4.69, 9.17) is 0 Å². The predicted octanol–water partition coefficient (Wildman–Crippen LogP) is 3.66. The Morgan fingerprint density at radius 3 is 2.47 bits per heavy atom. The predicted molar refractivity (Wildman–Crippen MR) is 83.5 cm³/mol. The number of hydrogen-bond donors (Lipinski definition) is 1. The smallest absolute Gasteiger partial charge is 0.0254 e. The first-order valence-electron chi connectivity index (χ1n) is 8.64. The number of likely N-dealkylation sites (N-methyl/N-ethyl adjacent to an activating group) is 1. The molecule has 0 aromatic rings. The van der Waals surface area contributed by atoms with Gasteiger partial charge in [0, 0.05) is 18.1 Å². The molecule has 5 atom stereocenters. The highest BCUT2D eigenvalue weighted by molar-refractivity contribution is 4.94. The van der Waals surface area contributed by atoms with Gasteiger partial charge in [0.2, 0.25) is 0 Å². The summed E-state index contributed by atoms with van der Waals surface area (Å²) in [5.41, 5.74) is 0. The van der Waals surface area contributed by atoms with Crippen LogP contribution in [0.3, 0.4) is 0 Å². The van der Waals surface area contributed by atoms with Gasteiger partial charge in [-0.25, -0.2) is 0 Å². The molecule has 1 saturated heterocycles. The van der Waals surface area contributed by atoms with Crippen molar-refractivity contribution < 1.29 is 0 Å². The summed E-state index contributed by atoms with van der Waals surface area (Å²) in [7, 11) is 0. The molecule has 0 spiro atoms. The Hall–Kier alpha value is -0.0800. The normalized spacial score (nSPS) is 41.4. The Kier molecular flexibility index (Phi) is 5.70. The van der Waals surface area contributed by atoms with Crippen LogP contribution in [0.5, 0.6) is 0 Å². The Morgan fingerprint density at radius 1 is 1.05 bits per heavy atom. The van der Waals surface area contributed by atoms with Gasteiger partial charge in [-0.2, -0.15) is 0 Å². The highest BCUT2D eigenvalue weighted by Crippen LogP contribution is 2.34. The Bertz CT molecular complexity index is 266. The third-order valence-electron chi connectivity index (χ3n) is 5.58. The summed E-state index contributed by atoms with van der Waals surface area (Å²) < 4.78 is 0. The van der Waals surface area contributed by atoms with Crippen LogP contribution in [0, 0.1) is 11.8 Å². The van der Waals surface area contributed by atoms with Crippen molar-refractivity contribution in [2.45, 2.75) is 84.3 Å². The molecule has 112 valence electrons. The zero-order valence-electron chi connectivity index (χ0n) is 13.5. The van der Waals surface area contributed by atoms with E-state index in [0.29, 0.717) is 0 Å². The van der Waals surface area contributed by atoms with Crippen molar-refractivity contribution in [3.05, 3.63) is 0 Å². The van der Waals surface area contributed by atoms with Crippen LogP contribution >= 0.6 is 0 Å². The van der Waals surface area contributed by atoms with Crippen molar-refractivity contribution in [2.75, 3.05) is 13.1 Å². The average Bonchev–Trinajstić information content (AvgIpc) is 2.40. The fourth-order valence-corrected chi connectivity index (χ4v) is 4.39. The monoisotopic (exact) mass is 266 g/mol. The molecule has 1 N–H and O–H groups in total. The van der Waals surface area contributed by atoms with Gasteiger partial charge in [0.1, 0.15) is 0 Å². The second kappa shape index (κ2) is 7.08. The van der Waals surface area contributed by atoms with E-state index in [2.05, 4.69) is 37.9 Å². The van der Waals surface area contributed by atoms with E-state index in [1.54, 1.807) is 0 Å². The SMILES string of the molecule is CCNC1CCC(CC)CC1N1CCC(C)CC1C. The number of nitrogens with zero attached hydrogens (tertiary/aromatic N) is 1. The lowest BCUT2D eigenvalue weighted by molar-refractivity contribution is 0.0300. The molecule has 1 aliphatic carbocycles. The first-order chi connectivity index (χ1) is 9.15. The minimum Gasteiger partial charge on any atom is -0.313 e.